The molecule has 0 fully saturated rings. The van der Waals surface area contributed by atoms with Gasteiger partial charge in [-0.1, -0.05) is 170 Å². The van der Waals surface area contributed by atoms with Crippen molar-refractivity contribution in [2.24, 2.45) is 0 Å². The zero-order chi connectivity index (χ0) is 42.1. The molecule has 230 valence electrons. The average molecular weight is 655 g/mol. The van der Waals surface area contributed by atoms with E-state index in [9.17, 15) is 5.48 Å². The summed E-state index contributed by atoms with van der Waals surface area (Å²) in [6.07, 6.45) is 0. The molecule has 0 saturated carbocycles. The van der Waals surface area contributed by atoms with Crippen molar-refractivity contribution < 1.29 is 15.1 Å². The number of hydrogen-bond acceptors (Lipinski definition) is 4. The van der Waals surface area contributed by atoms with Crippen molar-refractivity contribution in [2.45, 2.75) is 0 Å². The highest BCUT2D eigenvalue weighted by molar-refractivity contribution is 7.26. The molecule has 3 nitrogen and oxygen atoms in total. The molecule has 0 saturated heterocycles. The van der Waals surface area contributed by atoms with Crippen LogP contribution in [0.2, 0.25) is 0 Å². The van der Waals surface area contributed by atoms with Crippen LogP contribution in [-0.4, -0.2) is 15.0 Å². The van der Waals surface area contributed by atoms with Gasteiger partial charge in [0.1, 0.15) is 0 Å². The zero-order valence-electron chi connectivity index (χ0n) is 36.6. The van der Waals surface area contributed by atoms with Crippen molar-refractivity contribution >= 4 is 31.5 Å². The number of fused-ring (bicyclic) bond motifs is 3. The molecule has 0 bridgehead atoms. The third-order valence-electron chi connectivity index (χ3n) is 8.17. The number of hydrogen-bond donors (Lipinski definition) is 0. The van der Waals surface area contributed by atoms with Gasteiger partial charge in [-0.25, -0.2) is 15.0 Å². The first kappa shape index (κ1) is 19.6. The molecule has 49 heavy (non-hydrogen) atoms. The van der Waals surface area contributed by atoms with E-state index in [1.807, 2.05) is 72.8 Å². The first-order valence-electron chi connectivity index (χ1n) is 21.0. The summed E-state index contributed by atoms with van der Waals surface area (Å²) < 4.78 is 97.2. The van der Waals surface area contributed by atoms with Gasteiger partial charge in [-0.15, -0.1) is 11.3 Å². The Kier molecular flexibility index (Phi) is 4.96. The van der Waals surface area contributed by atoms with Gasteiger partial charge in [0.15, 0.2) is 17.5 Å². The Balaban J connectivity index is 1.20. The monoisotopic (exact) mass is 654 g/mol. The fraction of sp³-hybridized carbons (Fsp3) is 0. The highest BCUT2D eigenvalue weighted by Crippen LogP contribution is 2.40. The Morgan fingerprint density at radius 1 is 0.367 bits per heavy atom. The summed E-state index contributed by atoms with van der Waals surface area (Å²) >= 11 is 0.855. The molecule has 9 rings (SSSR count). The summed E-state index contributed by atoms with van der Waals surface area (Å²) in [5, 5.41) is -0.0310. The van der Waals surface area contributed by atoms with Crippen molar-refractivity contribution in [3.05, 3.63) is 176 Å². The predicted molar refractivity (Wildman–Crippen MR) is 205 cm³/mol. The quantitative estimate of drug-likeness (QED) is 0.179. The molecule has 0 aliphatic heterocycles. The van der Waals surface area contributed by atoms with Gasteiger partial charge in [0.25, 0.3) is 0 Å². The van der Waals surface area contributed by atoms with E-state index in [0.717, 1.165) is 33.6 Å². The summed E-state index contributed by atoms with van der Waals surface area (Å²) in [7, 11) is 0. The second-order valence-electron chi connectivity index (χ2n) is 11.2. The summed E-state index contributed by atoms with van der Waals surface area (Å²) in [6.45, 7) is 0. The number of thiophene rings is 1. The van der Waals surface area contributed by atoms with Crippen LogP contribution in [0.4, 0.5) is 0 Å². The standard InChI is InChI=1S/C45H29N3S/c1-3-10-30(11-4-1)31-18-20-32(21-19-31)33-22-26-36(27-23-33)44-46-43(35-12-5-2-6-13-35)47-45(48-44)37-28-24-34(25-29-37)38-15-9-16-40-39-14-7-8-17-41(39)49-42(38)40/h1-29H/i7D,8D,9D,14D,15D,16D,17D,24D,25D,28D,29D. The third-order valence-corrected chi connectivity index (χ3v) is 9.29. The maximum atomic E-state index is 9.27. The van der Waals surface area contributed by atoms with Crippen molar-refractivity contribution in [3.63, 3.8) is 0 Å². The minimum atomic E-state index is -0.588. The Bertz CT molecular complexity index is 3170. The van der Waals surface area contributed by atoms with Crippen LogP contribution < -0.4 is 0 Å². The van der Waals surface area contributed by atoms with Gasteiger partial charge >= 0.3 is 0 Å². The van der Waals surface area contributed by atoms with Crippen LogP contribution in [0.3, 0.4) is 0 Å². The lowest BCUT2D eigenvalue weighted by molar-refractivity contribution is 1.07. The van der Waals surface area contributed by atoms with E-state index in [4.69, 9.17) is 19.6 Å². The fourth-order valence-corrected chi connectivity index (χ4v) is 6.76. The Morgan fingerprint density at radius 3 is 1.43 bits per heavy atom. The minimum Gasteiger partial charge on any atom is -0.208 e. The van der Waals surface area contributed by atoms with Crippen molar-refractivity contribution in [1.82, 2.24) is 15.0 Å². The SMILES string of the molecule is [2H]c1c([2H])c(-c2c([2H])c([2H])c([2H])c3c2sc2c([2H])c([2H])c([2H])c([2H])c23)c([2H])c([2H])c1-c1nc(-c2ccccc2)nc(-c2ccc(-c3ccc(-c4ccccc4)cc3)cc2)n1. The maximum absolute atomic E-state index is 9.27. The lowest BCUT2D eigenvalue weighted by atomic mass is 9.99. The largest absolute Gasteiger partial charge is 0.208 e. The molecule has 0 atom stereocenters. The summed E-state index contributed by atoms with van der Waals surface area (Å²) in [6, 6.07) is 29.6. The maximum Gasteiger partial charge on any atom is 0.164 e. The zero-order valence-corrected chi connectivity index (χ0v) is 26.5. The molecule has 7 aromatic carbocycles. The fourth-order valence-electron chi connectivity index (χ4n) is 5.68. The highest BCUT2D eigenvalue weighted by Gasteiger charge is 2.14. The van der Waals surface area contributed by atoms with Crippen LogP contribution in [0, 0.1) is 0 Å². The number of nitrogens with zero attached hydrogens (tertiary/aromatic N) is 3. The average Bonchev–Trinajstić information content (AvgIpc) is 3.69. The normalized spacial score (nSPS) is 14.4. The molecular formula is C45H29N3S. The summed E-state index contributed by atoms with van der Waals surface area (Å²) in [5.74, 6) is 0.353. The number of aromatic nitrogens is 3. The molecule has 0 unspecified atom stereocenters. The van der Waals surface area contributed by atoms with Gasteiger partial charge < -0.3 is 0 Å². The highest BCUT2D eigenvalue weighted by atomic mass is 32.1. The first-order valence-corrected chi connectivity index (χ1v) is 16.3. The number of rotatable bonds is 6. The lowest BCUT2D eigenvalue weighted by Crippen LogP contribution is -2.00. The molecule has 0 spiro atoms. The van der Waals surface area contributed by atoms with E-state index >= 15 is 0 Å². The number of benzene rings is 7. The van der Waals surface area contributed by atoms with Crippen molar-refractivity contribution in [3.8, 4) is 67.5 Å². The molecule has 0 N–H and O–H groups in total. The second kappa shape index (κ2) is 12.4. The van der Waals surface area contributed by atoms with Crippen molar-refractivity contribution in [2.75, 3.05) is 0 Å². The Labute approximate surface area is 304 Å². The van der Waals surface area contributed by atoms with Gasteiger partial charge in [0, 0.05) is 36.9 Å². The van der Waals surface area contributed by atoms with E-state index in [0.29, 0.717) is 11.1 Å². The molecule has 2 heterocycles. The third kappa shape index (κ3) is 5.58. The summed E-state index contributed by atoms with van der Waals surface area (Å²) in [4.78, 5) is 14.2. The molecule has 0 aliphatic rings. The van der Waals surface area contributed by atoms with Crippen LogP contribution in [0.25, 0.3) is 87.7 Å². The predicted octanol–water partition coefficient (Wildman–Crippen LogP) is 12.2. The lowest BCUT2D eigenvalue weighted by Gasteiger charge is -2.10. The van der Waals surface area contributed by atoms with Crippen LogP contribution in [0.5, 0.6) is 0 Å². The van der Waals surface area contributed by atoms with Gasteiger partial charge in [0.2, 0.25) is 0 Å². The Morgan fingerprint density at radius 2 is 0.816 bits per heavy atom. The molecule has 0 radical (unpaired) electrons. The van der Waals surface area contributed by atoms with Crippen molar-refractivity contribution in [1.29, 1.82) is 0 Å². The van der Waals surface area contributed by atoms with E-state index in [1.165, 1.54) is 0 Å². The minimum absolute atomic E-state index is 0.00669. The molecule has 0 amide bonds. The van der Waals surface area contributed by atoms with Crippen LogP contribution in [-0.2, 0) is 0 Å². The van der Waals surface area contributed by atoms with E-state index in [1.54, 1.807) is 0 Å². The molecule has 2 aromatic heterocycles. The van der Waals surface area contributed by atoms with Gasteiger partial charge in [-0.05, 0) is 39.4 Å². The molecule has 9 aromatic rings. The van der Waals surface area contributed by atoms with Crippen LogP contribution >= 0.6 is 11.3 Å². The summed E-state index contributed by atoms with van der Waals surface area (Å²) in [5.41, 5.74) is 4.72. The molecule has 0 aliphatic carbocycles. The topological polar surface area (TPSA) is 38.7 Å². The van der Waals surface area contributed by atoms with E-state index < -0.39 is 60.4 Å². The van der Waals surface area contributed by atoms with E-state index in [-0.39, 0.29) is 60.4 Å². The van der Waals surface area contributed by atoms with Gasteiger partial charge in [-0.3, -0.25) is 0 Å². The van der Waals surface area contributed by atoms with Gasteiger partial charge in [-0.2, -0.15) is 0 Å². The van der Waals surface area contributed by atoms with Crippen LogP contribution in [0.15, 0.2) is 176 Å². The molecule has 4 heteroatoms. The first-order chi connectivity index (χ1) is 28.8. The van der Waals surface area contributed by atoms with Crippen LogP contribution in [0.1, 0.15) is 15.1 Å². The molecular weight excluding hydrogens is 615 g/mol. The Hall–Kier alpha value is -6.23. The van der Waals surface area contributed by atoms with E-state index in [2.05, 4.69) is 41.4 Å². The smallest absolute Gasteiger partial charge is 0.164 e. The second-order valence-corrected chi connectivity index (χ2v) is 12.2. The van der Waals surface area contributed by atoms with Gasteiger partial charge in [0.05, 0.1) is 15.1 Å².